The van der Waals surface area contributed by atoms with Gasteiger partial charge in [0, 0.05) is 42.3 Å². The molecule has 0 N–H and O–H groups in total. The van der Waals surface area contributed by atoms with Crippen LogP contribution in [0.4, 0.5) is 0 Å². The third-order valence-electron chi connectivity index (χ3n) is 7.82. The van der Waals surface area contributed by atoms with E-state index in [0.717, 1.165) is 41.3 Å². The van der Waals surface area contributed by atoms with Gasteiger partial charge in [0.2, 0.25) is 5.91 Å². The molecule has 0 saturated heterocycles. The van der Waals surface area contributed by atoms with Crippen LogP contribution in [0, 0.1) is 5.92 Å². The number of hydrogen-bond donors (Lipinski definition) is 0. The Morgan fingerprint density at radius 2 is 1.67 bits per heavy atom. The van der Waals surface area contributed by atoms with Crippen LogP contribution < -0.4 is 14.8 Å². The zero-order valence-corrected chi connectivity index (χ0v) is 26.4. The summed E-state index contributed by atoms with van der Waals surface area (Å²) < 4.78 is 13.0. The molecule has 4 aromatic rings. The van der Waals surface area contributed by atoms with Gasteiger partial charge in [-0.25, -0.2) is 10.3 Å². The van der Waals surface area contributed by atoms with E-state index in [9.17, 15) is 4.79 Å². The summed E-state index contributed by atoms with van der Waals surface area (Å²) in [6.45, 7) is 6.61. The second kappa shape index (κ2) is 15.5. The molecule has 0 aliphatic heterocycles. The van der Waals surface area contributed by atoms with Crippen LogP contribution >= 0.6 is 11.6 Å². The van der Waals surface area contributed by atoms with E-state index in [0.29, 0.717) is 35.8 Å². The number of nitrogens with zero attached hydrogens (tertiary/aromatic N) is 5. The normalized spacial score (nSPS) is 13.3. The lowest BCUT2D eigenvalue weighted by molar-refractivity contribution is -0.121. The number of methoxy groups -OCH3 is 2. The highest BCUT2D eigenvalue weighted by atomic mass is 35.5. The topological polar surface area (TPSA) is 93.2 Å². The highest BCUT2D eigenvalue weighted by Crippen LogP contribution is 2.38. The van der Waals surface area contributed by atoms with Crippen molar-refractivity contribution in [2.24, 2.45) is 5.92 Å². The van der Waals surface area contributed by atoms with E-state index in [1.165, 1.54) is 0 Å². The maximum Gasteiger partial charge on any atom is 0.241 e. The van der Waals surface area contributed by atoms with Gasteiger partial charge in [0.05, 0.1) is 31.0 Å². The molecule has 1 radical (unpaired) electrons. The molecule has 9 heteroatoms. The number of halogens is 1. The summed E-state index contributed by atoms with van der Waals surface area (Å²) in [4.78, 5) is 27.1. The van der Waals surface area contributed by atoms with Crippen molar-refractivity contribution < 1.29 is 14.3 Å². The van der Waals surface area contributed by atoms with Gasteiger partial charge in [0.15, 0.2) is 11.5 Å². The summed E-state index contributed by atoms with van der Waals surface area (Å²) in [5.41, 5.74) is 3.96. The number of hydrogen-bond acceptors (Lipinski definition) is 6. The number of benzene rings is 1. The van der Waals surface area contributed by atoms with Crippen molar-refractivity contribution in [2.45, 2.75) is 71.4 Å². The largest absolute Gasteiger partial charge is 0.493 e. The summed E-state index contributed by atoms with van der Waals surface area (Å²) in [5.74, 6) is 2.02. The van der Waals surface area contributed by atoms with Crippen LogP contribution in [-0.4, -0.2) is 39.6 Å². The van der Waals surface area contributed by atoms with E-state index in [4.69, 9.17) is 26.1 Å². The Balaban J connectivity index is 1.47. The maximum absolute atomic E-state index is 13.0. The third kappa shape index (κ3) is 7.73. The SMILES string of the molecule is CCC(c1ccccn1)c1cnc(C[N]C(=O)CCC(C)Cc2ccc(OC)c(OC)c2Cl)n1C(CC)c1ccccn1. The zero-order valence-electron chi connectivity index (χ0n) is 25.7. The Bertz CT molecular complexity index is 1460. The summed E-state index contributed by atoms with van der Waals surface area (Å²) >= 11 is 6.58. The van der Waals surface area contributed by atoms with E-state index in [-0.39, 0.29) is 30.3 Å². The minimum Gasteiger partial charge on any atom is -0.493 e. The number of rotatable bonds is 15. The lowest BCUT2D eigenvalue weighted by Gasteiger charge is -2.25. The van der Waals surface area contributed by atoms with Gasteiger partial charge in [-0.3, -0.25) is 14.8 Å². The quantitative estimate of drug-likeness (QED) is 0.143. The molecule has 1 amide bonds. The monoisotopic (exact) mass is 602 g/mol. The van der Waals surface area contributed by atoms with Gasteiger partial charge in [-0.2, -0.15) is 0 Å². The Hall–Kier alpha value is -3.91. The second-order valence-electron chi connectivity index (χ2n) is 10.7. The van der Waals surface area contributed by atoms with Crippen LogP contribution in [0.1, 0.15) is 86.9 Å². The molecule has 4 rings (SSSR count). The molecule has 0 bridgehead atoms. The number of ether oxygens (including phenoxy) is 2. The van der Waals surface area contributed by atoms with E-state index < -0.39 is 0 Å². The number of carbonyl (C=O) groups excluding carboxylic acids is 1. The first-order chi connectivity index (χ1) is 20.9. The van der Waals surface area contributed by atoms with E-state index >= 15 is 0 Å². The van der Waals surface area contributed by atoms with Crippen molar-refractivity contribution in [3.63, 3.8) is 0 Å². The molecule has 0 aliphatic carbocycles. The van der Waals surface area contributed by atoms with Gasteiger partial charge in [-0.05, 0) is 67.5 Å². The van der Waals surface area contributed by atoms with Gasteiger partial charge in [-0.15, -0.1) is 0 Å². The number of aromatic nitrogens is 4. The molecule has 0 fully saturated rings. The molecule has 8 nitrogen and oxygen atoms in total. The first kappa shape index (κ1) is 32.0. The number of carbonyl (C=O) groups is 1. The summed E-state index contributed by atoms with van der Waals surface area (Å²) in [5, 5.41) is 5.01. The fourth-order valence-electron chi connectivity index (χ4n) is 5.57. The van der Waals surface area contributed by atoms with Crippen LogP contribution in [0.3, 0.4) is 0 Å². The summed E-state index contributed by atoms with van der Waals surface area (Å²) in [7, 11) is 3.16. The lowest BCUT2D eigenvalue weighted by atomic mass is 9.96. The number of pyridine rings is 2. The molecule has 3 heterocycles. The predicted octanol–water partition coefficient (Wildman–Crippen LogP) is 7.18. The zero-order chi connectivity index (χ0) is 30.8. The fraction of sp³-hybridized carbons (Fsp3) is 0.412. The first-order valence-corrected chi connectivity index (χ1v) is 15.3. The van der Waals surface area contributed by atoms with Crippen LogP contribution in [-0.2, 0) is 17.8 Å². The summed E-state index contributed by atoms with van der Waals surface area (Å²) in [6, 6.07) is 15.7. The Labute approximate surface area is 259 Å². The smallest absolute Gasteiger partial charge is 0.241 e. The van der Waals surface area contributed by atoms with Crippen molar-refractivity contribution in [1.82, 2.24) is 24.8 Å². The van der Waals surface area contributed by atoms with Gasteiger partial charge in [0.25, 0.3) is 0 Å². The highest BCUT2D eigenvalue weighted by molar-refractivity contribution is 6.33. The molecule has 3 atom stereocenters. The van der Waals surface area contributed by atoms with E-state index in [1.54, 1.807) is 14.2 Å². The van der Waals surface area contributed by atoms with Crippen LogP contribution in [0.25, 0.3) is 0 Å². The molecule has 0 saturated carbocycles. The van der Waals surface area contributed by atoms with Crippen molar-refractivity contribution in [1.29, 1.82) is 0 Å². The molecule has 3 unspecified atom stereocenters. The summed E-state index contributed by atoms with van der Waals surface area (Å²) in [6.07, 6.45) is 8.99. The van der Waals surface area contributed by atoms with Crippen molar-refractivity contribution >= 4 is 17.5 Å². The standard InChI is InChI=1S/C34H41ClN5O3/c1-6-25(26-12-8-10-18-36-26)29-21-38-31(40(29)28(7-2)27-13-9-11-19-37-27)22-39-32(41)17-14-23(3)20-24-15-16-30(42-4)34(43-5)33(24)35/h8-13,15-16,18-19,21,23,25,28H,6-7,14,17,20,22H2,1-5H3. The molecular formula is C34H41ClN5O3. The Kier molecular flexibility index (Phi) is 11.6. The van der Waals surface area contributed by atoms with Crippen molar-refractivity contribution in [2.75, 3.05) is 14.2 Å². The van der Waals surface area contributed by atoms with E-state index in [2.05, 4.69) is 46.7 Å². The van der Waals surface area contributed by atoms with Gasteiger partial charge in [0.1, 0.15) is 12.4 Å². The lowest BCUT2D eigenvalue weighted by Crippen LogP contribution is -2.23. The molecule has 1 aromatic carbocycles. The molecule has 0 spiro atoms. The molecule has 43 heavy (non-hydrogen) atoms. The molecular weight excluding hydrogens is 562 g/mol. The minimum absolute atomic E-state index is 0.0389. The average Bonchev–Trinajstić information content (AvgIpc) is 3.44. The molecule has 3 aromatic heterocycles. The van der Waals surface area contributed by atoms with Crippen LogP contribution in [0.15, 0.2) is 67.1 Å². The highest BCUT2D eigenvalue weighted by Gasteiger charge is 2.26. The van der Waals surface area contributed by atoms with Crippen molar-refractivity contribution in [3.8, 4) is 11.5 Å². The van der Waals surface area contributed by atoms with Gasteiger partial charge >= 0.3 is 0 Å². The number of imidazole rings is 1. The second-order valence-corrected chi connectivity index (χ2v) is 11.1. The number of amides is 1. The maximum atomic E-state index is 13.0. The molecule has 0 aliphatic rings. The van der Waals surface area contributed by atoms with Gasteiger partial charge in [-0.1, -0.05) is 50.6 Å². The minimum atomic E-state index is -0.135. The van der Waals surface area contributed by atoms with E-state index in [1.807, 2.05) is 61.1 Å². The van der Waals surface area contributed by atoms with Crippen molar-refractivity contribution in [3.05, 3.63) is 101 Å². The van der Waals surface area contributed by atoms with Crippen LogP contribution in [0.5, 0.6) is 11.5 Å². The van der Waals surface area contributed by atoms with Crippen LogP contribution in [0.2, 0.25) is 5.02 Å². The molecule has 227 valence electrons. The fourth-order valence-corrected chi connectivity index (χ4v) is 5.88. The third-order valence-corrected chi connectivity index (χ3v) is 8.24. The Morgan fingerprint density at radius 3 is 2.28 bits per heavy atom. The first-order valence-electron chi connectivity index (χ1n) is 14.9. The van der Waals surface area contributed by atoms with Gasteiger partial charge < -0.3 is 14.0 Å². The Morgan fingerprint density at radius 1 is 0.953 bits per heavy atom. The predicted molar refractivity (Wildman–Crippen MR) is 169 cm³/mol. The average molecular weight is 603 g/mol.